The Balaban J connectivity index is 2.21. The SMILES string of the molecule is Cc1cc2c(cc1O)NC(=O)N[C@]2(/C=C/C1CC1)C(F)(F)F. The minimum absolute atomic E-state index is 0.0374. The maximum atomic E-state index is 13.8. The van der Waals surface area contributed by atoms with E-state index in [9.17, 15) is 23.1 Å². The minimum atomic E-state index is -4.70. The van der Waals surface area contributed by atoms with Gasteiger partial charge in [-0.3, -0.25) is 0 Å². The van der Waals surface area contributed by atoms with E-state index in [1.165, 1.54) is 19.1 Å². The molecule has 7 heteroatoms. The smallest absolute Gasteiger partial charge is 0.419 e. The Morgan fingerprint density at radius 2 is 2.05 bits per heavy atom. The summed E-state index contributed by atoms with van der Waals surface area (Å²) in [6, 6.07) is 1.45. The molecule has 2 aliphatic rings. The van der Waals surface area contributed by atoms with Gasteiger partial charge in [0.1, 0.15) is 5.75 Å². The van der Waals surface area contributed by atoms with Crippen LogP contribution in [-0.2, 0) is 5.54 Å². The lowest BCUT2D eigenvalue weighted by Crippen LogP contribution is -2.59. The molecule has 3 N–H and O–H groups in total. The number of carbonyl (C=O) groups is 1. The highest BCUT2D eigenvalue weighted by Crippen LogP contribution is 2.47. The van der Waals surface area contributed by atoms with Gasteiger partial charge in [-0.05, 0) is 43.4 Å². The van der Waals surface area contributed by atoms with Gasteiger partial charge in [0.2, 0.25) is 0 Å². The Hall–Kier alpha value is -2.18. The number of nitrogens with one attached hydrogen (secondary N) is 2. The summed E-state index contributed by atoms with van der Waals surface area (Å²) >= 11 is 0. The number of carbonyl (C=O) groups excluding carboxylic acids is 1. The lowest BCUT2D eigenvalue weighted by molar-refractivity contribution is -0.181. The molecule has 1 aromatic rings. The van der Waals surface area contributed by atoms with Gasteiger partial charge in [0.25, 0.3) is 0 Å². The van der Waals surface area contributed by atoms with Crippen molar-refractivity contribution < 1.29 is 23.1 Å². The van der Waals surface area contributed by atoms with Crippen molar-refractivity contribution >= 4 is 11.7 Å². The van der Waals surface area contributed by atoms with E-state index in [1.807, 2.05) is 5.32 Å². The number of phenolic OH excluding ortho intramolecular Hbond substituents is 1. The fourth-order valence-corrected chi connectivity index (χ4v) is 2.54. The van der Waals surface area contributed by atoms with Crippen molar-refractivity contribution in [3.8, 4) is 5.75 Å². The van der Waals surface area contributed by atoms with Crippen molar-refractivity contribution in [1.82, 2.24) is 5.32 Å². The van der Waals surface area contributed by atoms with Crippen LogP contribution in [0.2, 0.25) is 0 Å². The molecule has 1 aliphatic heterocycles. The molecule has 1 aliphatic carbocycles. The lowest BCUT2D eigenvalue weighted by atomic mass is 9.84. The van der Waals surface area contributed by atoms with E-state index < -0.39 is 17.7 Å². The number of anilines is 1. The van der Waals surface area contributed by atoms with E-state index in [-0.39, 0.29) is 22.9 Å². The van der Waals surface area contributed by atoms with Gasteiger partial charge in [-0.2, -0.15) is 13.2 Å². The van der Waals surface area contributed by atoms with Crippen LogP contribution in [0.5, 0.6) is 5.75 Å². The number of alkyl halides is 3. The third-order valence-electron chi connectivity index (χ3n) is 4.01. The largest absolute Gasteiger partial charge is 0.508 e. The summed E-state index contributed by atoms with van der Waals surface area (Å²) in [4.78, 5) is 11.7. The predicted molar refractivity (Wildman–Crippen MR) is 74.6 cm³/mol. The highest BCUT2D eigenvalue weighted by Gasteiger charge is 2.58. The highest BCUT2D eigenvalue weighted by atomic mass is 19.4. The summed E-state index contributed by atoms with van der Waals surface area (Å²) in [5, 5.41) is 14.0. The number of amides is 2. The van der Waals surface area contributed by atoms with Crippen LogP contribution >= 0.6 is 0 Å². The van der Waals surface area contributed by atoms with Crippen molar-refractivity contribution in [3.63, 3.8) is 0 Å². The molecule has 3 rings (SSSR count). The second-order valence-electron chi connectivity index (χ2n) is 5.77. The van der Waals surface area contributed by atoms with Gasteiger partial charge in [-0.15, -0.1) is 0 Å². The molecule has 0 spiro atoms. The van der Waals surface area contributed by atoms with Gasteiger partial charge in [0.15, 0.2) is 5.54 Å². The fraction of sp³-hybridized carbons (Fsp3) is 0.400. The monoisotopic (exact) mass is 312 g/mol. The second-order valence-corrected chi connectivity index (χ2v) is 5.77. The number of phenols is 1. The van der Waals surface area contributed by atoms with Crippen LogP contribution in [0.3, 0.4) is 0 Å². The van der Waals surface area contributed by atoms with Crippen LogP contribution in [0.15, 0.2) is 24.3 Å². The summed E-state index contributed by atoms with van der Waals surface area (Å²) in [6.07, 6.45) is -0.450. The average Bonchev–Trinajstić information content (AvgIpc) is 3.21. The zero-order chi connectivity index (χ0) is 16.1. The zero-order valence-corrected chi connectivity index (χ0v) is 11.8. The number of aryl methyl sites for hydroxylation is 1. The molecule has 0 radical (unpaired) electrons. The first-order valence-electron chi connectivity index (χ1n) is 6.92. The van der Waals surface area contributed by atoms with Crippen molar-refractivity contribution in [1.29, 1.82) is 0 Å². The Morgan fingerprint density at radius 1 is 1.36 bits per heavy atom. The van der Waals surface area contributed by atoms with E-state index in [0.29, 0.717) is 5.56 Å². The first-order chi connectivity index (χ1) is 10.2. The van der Waals surface area contributed by atoms with Crippen LogP contribution in [-0.4, -0.2) is 17.3 Å². The molecule has 1 aromatic carbocycles. The summed E-state index contributed by atoms with van der Waals surface area (Å²) in [5.74, 6) is -0.0316. The average molecular weight is 312 g/mol. The standard InChI is InChI=1S/C15H15F3N2O2/c1-8-6-10-11(7-12(8)21)19-13(22)20-14(10,15(16,17)18)5-4-9-2-3-9/h4-7,9,21H,2-3H2,1H3,(H2,19,20,22)/b5-4+/t14-/m0/s1. The first-order valence-corrected chi connectivity index (χ1v) is 6.92. The predicted octanol–water partition coefficient (Wildman–Crippen LogP) is 3.56. The molecule has 1 atom stereocenters. The third kappa shape index (κ3) is 2.30. The van der Waals surface area contributed by atoms with E-state index in [2.05, 4.69) is 5.32 Å². The second kappa shape index (κ2) is 4.66. The molecule has 118 valence electrons. The molecule has 1 heterocycles. The quantitative estimate of drug-likeness (QED) is 0.731. The first kappa shape index (κ1) is 14.7. The van der Waals surface area contributed by atoms with Crippen LogP contribution in [0.25, 0.3) is 0 Å². The van der Waals surface area contributed by atoms with Crippen molar-refractivity contribution in [2.75, 3.05) is 5.32 Å². The Bertz CT molecular complexity index is 665. The normalized spacial score (nSPS) is 24.8. The number of hydrogen-bond donors (Lipinski definition) is 3. The van der Waals surface area contributed by atoms with Crippen LogP contribution in [0.1, 0.15) is 24.0 Å². The lowest BCUT2D eigenvalue weighted by Gasteiger charge is -2.39. The number of benzene rings is 1. The van der Waals surface area contributed by atoms with Gasteiger partial charge in [0.05, 0.1) is 5.69 Å². The highest BCUT2D eigenvalue weighted by molar-refractivity contribution is 5.95. The van der Waals surface area contributed by atoms with E-state index in [4.69, 9.17) is 0 Å². The van der Waals surface area contributed by atoms with E-state index in [1.54, 1.807) is 0 Å². The van der Waals surface area contributed by atoms with Crippen LogP contribution in [0.4, 0.5) is 23.7 Å². The van der Waals surface area contributed by atoms with E-state index in [0.717, 1.165) is 25.0 Å². The topological polar surface area (TPSA) is 61.4 Å². The fourth-order valence-electron chi connectivity index (χ4n) is 2.54. The number of aromatic hydroxyl groups is 1. The van der Waals surface area contributed by atoms with Gasteiger partial charge in [-0.25, -0.2) is 4.79 Å². The van der Waals surface area contributed by atoms with Gasteiger partial charge < -0.3 is 15.7 Å². The molecule has 1 fully saturated rings. The summed E-state index contributed by atoms with van der Waals surface area (Å²) in [7, 11) is 0. The Labute approximate surface area is 125 Å². The molecule has 0 bridgehead atoms. The zero-order valence-electron chi connectivity index (χ0n) is 11.8. The van der Waals surface area contributed by atoms with Gasteiger partial charge in [0, 0.05) is 11.6 Å². The third-order valence-corrected chi connectivity index (χ3v) is 4.01. The summed E-state index contributed by atoms with van der Waals surface area (Å²) < 4.78 is 41.4. The Kier molecular flexibility index (Phi) is 3.12. The summed E-state index contributed by atoms with van der Waals surface area (Å²) in [5.41, 5.74) is -2.42. The van der Waals surface area contributed by atoms with Crippen molar-refractivity contribution in [2.24, 2.45) is 5.92 Å². The molecule has 0 aromatic heterocycles. The minimum Gasteiger partial charge on any atom is -0.508 e. The van der Waals surface area contributed by atoms with Crippen LogP contribution < -0.4 is 10.6 Å². The van der Waals surface area contributed by atoms with Crippen molar-refractivity contribution in [2.45, 2.75) is 31.5 Å². The molecule has 2 amide bonds. The Morgan fingerprint density at radius 3 is 2.64 bits per heavy atom. The van der Waals surface area contributed by atoms with Crippen molar-refractivity contribution in [3.05, 3.63) is 35.4 Å². The number of urea groups is 1. The number of fused-ring (bicyclic) bond motifs is 1. The maximum absolute atomic E-state index is 13.8. The molecular formula is C15H15F3N2O2. The molecule has 4 nitrogen and oxygen atoms in total. The van der Waals surface area contributed by atoms with Gasteiger partial charge in [-0.1, -0.05) is 6.08 Å². The molecule has 1 saturated carbocycles. The number of halogens is 3. The summed E-state index contributed by atoms with van der Waals surface area (Å²) in [6.45, 7) is 1.51. The molecule has 22 heavy (non-hydrogen) atoms. The maximum Gasteiger partial charge on any atom is 0.419 e. The van der Waals surface area contributed by atoms with Crippen LogP contribution in [0, 0.1) is 12.8 Å². The number of rotatable bonds is 2. The molecule has 0 unspecified atom stereocenters. The van der Waals surface area contributed by atoms with Gasteiger partial charge >= 0.3 is 12.2 Å². The molecule has 0 saturated heterocycles. The number of hydrogen-bond acceptors (Lipinski definition) is 2. The van der Waals surface area contributed by atoms with E-state index >= 15 is 0 Å². The molecular weight excluding hydrogens is 297 g/mol. The number of allylic oxidation sites excluding steroid dienone is 1.